The number of H-pyrrole nitrogens is 1. The van der Waals surface area contributed by atoms with Crippen LogP contribution in [-0.2, 0) is 23.1 Å². The van der Waals surface area contributed by atoms with E-state index in [0.29, 0.717) is 42.1 Å². The van der Waals surface area contributed by atoms with Gasteiger partial charge in [-0.2, -0.15) is 5.26 Å². The Morgan fingerprint density at radius 2 is 1.64 bits per heavy atom. The molecule has 12 heteroatoms. The molecule has 1 aliphatic heterocycles. The fourth-order valence-corrected chi connectivity index (χ4v) is 8.28. The predicted molar refractivity (Wildman–Crippen MR) is 158 cm³/mol. The maximum Gasteiger partial charge on any atom is 0.248 e. The molecule has 2 saturated carbocycles. The second-order valence-electron chi connectivity index (χ2n) is 12.9. The first-order valence-electron chi connectivity index (χ1n) is 15.3. The Bertz CT molecular complexity index is 1620. The smallest absolute Gasteiger partial charge is 0.248 e. The number of fused-ring (bicyclic) bond motifs is 3. The van der Waals surface area contributed by atoms with E-state index < -0.39 is 22.8 Å². The number of hydrogen-bond donors (Lipinski definition) is 4. The number of aryl methyl sites for hydroxylation is 2. The Hall–Kier alpha value is -4.63. The van der Waals surface area contributed by atoms with Gasteiger partial charge in [-0.15, -0.1) is 5.10 Å². The molecule has 44 heavy (non-hydrogen) atoms. The molecule has 7 rings (SSSR count). The molecule has 6 N–H and O–H groups in total. The molecule has 3 aliphatic carbocycles. The van der Waals surface area contributed by atoms with Crippen LogP contribution in [0.1, 0.15) is 93.7 Å². The van der Waals surface area contributed by atoms with Gasteiger partial charge in [0.25, 0.3) is 0 Å². The number of primary amides is 2. The van der Waals surface area contributed by atoms with Crippen LogP contribution in [0.15, 0.2) is 36.4 Å². The summed E-state index contributed by atoms with van der Waals surface area (Å²) in [5, 5.41) is 28.9. The van der Waals surface area contributed by atoms with Crippen LogP contribution in [0.3, 0.4) is 0 Å². The molecular formula is C32H35N9O3. The number of nitriles is 1. The summed E-state index contributed by atoms with van der Waals surface area (Å²) in [6.45, 7) is 0.132. The Labute approximate surface area is 254 Å². The largest absolute Gasteiger partial charge is 0.366 e. The van der Waals surface area contributed by atoms with Crippen LogP contribution in [-0.4, -0.2) is 67.4 Å². The number of carbonyl (C=O) groups is 3. The van der Waals surface area contributed by atoms with Gasteiger partial charge in [0.1, 0.15) is 6.04 Å². The van der Waals surface area contributed by atoms with E-state index in [2.05, 4.69) is 32.0 Å². The molecule has 1 saturated heterocycles. The minimum absolute atomic E-state index is 0.0397. The van der Waals surface area contributed by atoms with E-state index in [1.54, 1.807) is 17.0 Å². The summed E-state index contributed by atoms with van der Waals surface area (Å²) in [6, 6.07) is 13.2. The van der Waals surface area contributed by atoms with Crippen molar-refractivity contribution in [1.29, 1.82) is 5.26 Å². The molecular weight excluding hydrogens is 558 g/mol. The minimum atomic E-state index is -0.915. The number of nitrogens with one attached hydrogen (secondary N) is 2. The number of tetrazole rings is 1. The number of hydrogen-bond acceptors (Lipinski definition) is 8. The average Bonchev–Trinajstić information content (AvgIpc) is 3.39. The summed E-state index contributed by atoms with van der Waals surface area (Å²) in [5.74, 6) is -0.0892. The van der Waals surface area contributed by atoms with E-state index in [9.17, 15) is 19.6 Å². The van der Waals surface area contributed by atoms with Crippen molar-refractivity contribution < 1.29 is 14.4 Å². The summed E-state index contributed by atoms with van der Waals surface area (Å²) < 4.78 is 0. The predicted octanol–water partition coefficient (Wildman–Crippen LogP) is 1.64. The number of rotatable bonds is 8. The molecule has 0 spiro atoms. The van der Waals surface area contributed by atoms with Crippen LogP contribution in [0.2, 0.25) is 0 Å². The Morgan fingerprint density at radius 1 is 1.00 bits per heavy atom. The van der Waals surface area contributed by atoms with Gasteiger partial charge in [0.05, 0.1) is 18.0 Å². The third kappa shape index (κ3) is 4.54. The van der Waals surface area contributed by atoms with E-state index in [4.69, 9.17) is 11.5 Å². The van der Waals surface area contributed by atoms with Gasteiger partial charge < -0.3 is 21.7 Å². The maximum absolute atomic E-state index is 13.6. The zero-order valence-electron chi connectivity index (χ0n) is 24.4. The second kappa shape index (κ2) is 10.5. The van der Waals surface area contributed by atoms with Crippen LogP contribution in [0.5, 0.6) is 0 Å². The number of nitrogens with zero attached hydrogens (tertiary/aromatic N) is 5. The molecule has 2 heterocycles. The molecule has 0 unspecified atom stereocenters. The number of piperidine rings is 1. The van der Waals surface area contributed by atoms with Gasteiger partial charge in [0.2, 0.25) is 17.7 Å². The van der Waals surface area contributed by atoms with Crippen molar-refractivity contribution in [1.82, 2.24) is 30.8 Å². The summed E-state index contributed by atoms with van der Waals surface area (Å²) in [4.78, 5) is 39.8. The normalized spacial score (nSPS) is 24.0. The fraction of sp³-hybridized carbons (Fsp3) is 0.469. The standard InChI is InChI=1S/C32H35N9O3/c33-15-23-13-22-14-26(22)41(23)27(42)16-36-31(9-1-2-10-31)17-32(30-37-39-40-38-30)24-7-5-20(28(34)43)11-18(24)3-4-19-12-21(29(35)44)6-8-25(19)32/h5-8,11-12,22-23,26,36H,1-4,9-10,13-14,16-17H2,(H2,34,43)(H2,35,44)(H,37,38,39,40)/t22-,23+,26+/m1/s1. The Morgan fingerprint density at radius 3 is 2.18 bits per heavy atom. The topological polar surface area (TPSA) is 197 Å². The lowest BCUT2D eigenvalue weighted by Crippen LogP contribution is -2.53. The number of aromatic amines is 1. The van der Waals surface area contributed by atoms with Crippen LogP contribution >= 0.6 is 0 Å². The highest BCUT2D eigenvalue weighted by Gasteiger charge is 2.55. The zero-order chi connectivity index (χ0) is 30.6. The van der Waals surface area contributed by atoms with Gasteiger partial charge >= 0.3 is 0 Å². The van der Waals surface area contributed by atoms with Crippen LogP contribution in [0, 0.1) is 17.2 Å². The van der Waals surface area contributed by atoms with Gasteiger partial charge in [0.15, 0.2) is 5.82 Å². The van der Waals surface area contributed by atoms with E-state index in [1.165, 1.54) is 0 Å². The summed E-state index contributed by atoms with van der Waals surface area (Å²) in [6.07, 6.45) is 7.09. The van der Waals surface area contributed by atoms with E-state index in [0.717, 1.165) is 60.8 Å². The molecule has 2 aromatic carbocycles. The first-order valence-corrected chi connectivity index (χ1v) is 15.3. The molecule has 3 atom stereocenters. The monoisotopic (exact) mass is 593 g/mol. The van der Waals surface area contributed by atoms with Gasteiger partial charge in [-0.05, 0) is 108 Å². The molecule has 12 nitrogen and oxygen atoms in total. The van der Waals surface area contributed by atoms with Gasteiger partial charge in [0, 0.05) is 22.7 Å². The van der Waals surface area contributed by atoms with Crippen molar-refractivity contribution in [3.05, 3.63) is 75.6 Å². The summed E-state index contributed by atoms with van der Waals surface area (Å²) in [7, 11) is 0. The molecule has 3 aromatic rings. The molecule has 0 bridgehead atoms. The highest BCUT2D eigenvalue weighted by Crippen LogP contribution is 2.52. The lowest BCUT2D eigenvalue weighted by molar-refractivity contribution is -0.131. The highest BCUT2D eigenvalue weighted by atomic mass is 16.2. The third-order valence-corrected chi connectivity index (χ3v) is 10.4. The van der Waals surface area contributed by atoms with Crippen LogP contribution in [0.4, 0.5) is 0 Å². The highest BCUT2D eigenvalue weighted by molar-refractivity contribution is 5.94. The molecule has 3 fully saturated rings. The Kier molecular flexibility index (Phi) is 6.73. The lowest BCUT2D eigenvalue weighted by Gasteiger charge is -2.43. The number of aromatic nitrogens is 4. The van der Waals surface area contributed by atoms with Crippen LogP contribution in [0.25, 0.3) is 0 Å². The fourth-order valence-electron chi connectivity index (χ4n) is 8.28. The molecule has 1 aromatic heterocycles. The van der Waals surface area contributed by atoms with Crippen molar-refractivity contribution in [2.75, 3.05) is 6.54 Å². The molecule has 226 valence electrons. The van der Waals surface area contributed by atoms with Crippen molar-refractivity contribution in [2.45, 2.75) is 80.8 Å². The molecule has 4 aliphatic rings. The Balaban J connectivity index is 1.35. The van der Waals surface area contributed by atoms with E-state index in [1.807, 2.05) is 24.3 Å². The molecule has 0 radical (unpaired) electrons. The second-order valence-corrected chi connectivity index (χ2v) is 12.9. The van der Waals surface area contributed by atoms with Gasteiger partial charge in [-0.3, -0.25) is 14.4 Å². The van der Waals surface area contributed by atoms with Crippen LogP contribution < -0.4 is 16.8 Å². The number of carbonyl (C=O) groups excluding carboxylic acids is 3. The zero-order valence-corrected chi connectivity index (χ0v) is 24.4. The first kappa shape index (κ1) is 28.2. The summed E-state index contributed by atoms with van der Waals surface area (Å²) >= 11 is 0. The number of nitrogens with two attached hydrogens (primary N) is 2. The first-order chi connectivity index (χ1) is 21.2. The van der Waals surface area contributed by atoms with Gasteiger partial charge in [-0.25, -0.2) is 5.10 Å². The summed E-state index contributed by atoms with van der Waals surface area (Å²) in [5.41, 5.74) is 14.6. The van der Waals surface area contributed by atoms with E-state index >= 15 is 0 Å². The quantitative estimate of drug-likeness (QED) is 0.302. The number of likely N-dealkylation sites (tertiary alicyclic amines) is 1. The van der Waals surface area contributed by atoms with Crippen molar-refractivity contribution in [3.8, 4) is 6.07 Å². The number of benzene rings is 2. The van der Waals surface area contributed by atoms with Crippen molar-refractivity contribution in [2.24, 2.45) is 17.4 Å². The number of amides is 3. The minimum Gasteiger partial charge on any atom is -0.366 e. The SMILES string of the molecule is N#C[C@@H]1C[C@@H]2C[C@@H]2N1C(=O)CNC1(CC2(c3nnn[nH]3)c3ccc(C(N)=O)cc3CCc3cc(C(N)=O)ccc32)CCCC1. The average molecular weight is 594 g/mol. The van der Waals surface area contributed by atoms with E-state index in [-0.39, 0.29) is 24.5 Å². The van der Waals surface area contributed by atoms with Gasteiger partial charge in [-0.1, -0.05) is 25.0 Å². The maximum atomic E-state index is 13.6. The third-order valence-electron chi connectivity index (χ3n) is 10.4. The lowest BCUT2D eigenvalue weighted by atomic mass is 9.64. The van der Waals surface area contributed by atoms with Crippen molar-refractivity contribution >= 4 is 17.7 Å². The molecule has 3 amide bonds. The van der Waals surface area contributed by atoms with Crippen molar-refractivity contribution in [3.63, 3.8) is 0 Å².